The zero-order valence-corrected chi connectivity index (χ0v) is 10.6. The van der Waals surface area contributed by atoms with E-state index in [0.717, 1.165) is 19.5 Å². The summed E-state index contributed by atoms with van der Waals surface area (Å²) in [5, 5.41) is 0. The van der Waals surface area contributed by atoms with E-state index in [4.69, 9.17) is 5.73 Å². The minimum Gasteiger partial charge on any atom is -0.343 e. The van der Waals surface area contributed by atoms with Crippen LogP contribution < -0.4 is 5.73 Å². The molecule has 1 atom stereocenters. The van der Waals surface area contributed by atoms with E-state index in [9.17, 15) is 4.79 Å². The van der Waals surface area contributed by atoms with Gasteiger partial charge in [-0.05, 0) is 31.7 Å². The molecule has 0 saturated carbocycles. The number of nitrogens with two attached hydrogens (primary N) is 1. The lowest BCUT2D eigenvalue weighted by Gasteiger charge is -2.24. The highest BCUT2D eigenvalue weighted by Gasteiger charge is 2.14. The molecule has 15 heavy (non-hydrogen) atoms. The van der Waals surface area contributed by atoms with Crippen LogP contribution in [-0.2, 0) is 4.79 Å². The summed E-state index contributed by atoms with van der Waals surface area (Å²) in [4.78, 5) is 13.7. The van der Waals surface area contributed by atoms with Crippen LogP contribution in [0.5, 0.6) is 0 Å². The number of amides is 1. The van der Waals surface area contributed by atoms with Gasteiger partial charge in [-0.1, -0.05) is 20.8 Å². The molecule has 0 rings (SSSR count). The summed E-state index contributed by atoms with van der Waals surface area (Å²) in [6.45, 7) is 10.6. The van der Waals surface area contributed by atoms with E-state index < -0.39 is 0 Å². The Morgan fingerprint density at radius 1 is 1.33 bits per heavy atom. The smallest absolute Gasteiger partial charge is 0.222 e. The van der Waals surface area contributed by atoms with Gasteiger partial charge < -0.3 is 10.6 Å². The third-order valence-electron chi connectivity index (χ3n) is 2.60. The fourth-order valence-electron chi connectivity index (χ4n) is 1.43. The maximum Gasteiger partial charge on any atom is 0.222 e. The van der Waals surface area contributed by atoms with Crippen LogP contribution >= 0.6 is 0 Å². The minimum absolute atomic E-state index is 0.270. The van der Waals surface area contributed by atoms with Crippen molar-refractivity contribution in [2.75, 3.05) is 19.6 Å². The Balaban J connectivity index is 3.99. The first kappa shape index (κ1) is 14.4. The van der Waals surface area contributed by atoms with Gasteiger partial charge in [0, 0.05) is 19.5 Å². The Labute approximate surface area is 94.0 Å². The van der Waals surface area contributed by atoms with Crippen molar-refractivity contribution in [2.45, 2.75) is 40.5 Å². The molecule has 3 heteroatoms. The highest BCUT2D eigenvalue weighted by molar-refractivity contribution is 5.76. The van der Waals surface area contributed by atoms with Gasteiger partial charge in [0.15, 0.2) is 0 Å². The molecule has 0 aliphatic rings. The number of rotatable bonds is 7. The first-order chi connectivity index (χ1) is 7.01. The van der Waals surface area contributed by atoms with E-state index in [1.54, 1.807) is 0 Å². The molecule has 0 bridgehead atoms. The average molecular weight is 214 g/mol. The second-order valence-electron chi connectivity index (χ2n) is 4.71. The van der Waals surface area contributed by atoms with Crippen LogP contribution in [-0.4, -0.2) is 30.4 Å². The van der Waals surface area contributed by atoms with Gasteiger partial charge in [-0.25, -0.2) is 0 Å². The molecule has 0 aliphatic heterocycles. The number of hydrogen-bond donors (Lipinski definition) is 1. The van der Waals surface area contributed by atoms with Crippen LogP contribution in [0.15, 0.2) is 0 Å². The SMILES string of the molecule is CCN(CC(C)CN)C(=O)CCC(C)C. The molecule has 0 fully saturated rings. The van der Waals surface area contributed by atoms with Gasteiger partial charge in [0.2, 0.25) is 5.91 Å². The molecular formula is C12H26N2O. The van der Waals surface area contributed by atoms with E-state index in [0.29, 0.717) is 24.8 Å². The van der Waals surface area contributed by atoms with Crippen molar-refractivity contribution in [1.82, 2.24) is 4.90 Å². The summed E-state index contributed by atoms with van der Waals surface area (Å²) in [5.74, 6) is 1.26. The quantitative estimate of drug-likeness (QED) is 0.703. The van der Waals surface area contributed by atoms with E-state index in [1.807, 2.05) is 11.8 Å². The molecule has 0 radical (unpaired) electrons. The topological polar surface area (TPSA) is 46.3 Å². The van der Waals surface area contributed by atoms with Crippen LogP contribution in [0.25, 0.3) is 0 Å². The number of carbonyl (C=O) groups is 1. The van der Waals surface area contributed by atoms with Gasteiger partial charge in [0.1, 0.15) is 0 Å². The lowest BCUT2D eigenvalue weighted by Crippen LogP contribution is -2.36. The third-order valence-corrected chi connectivity index (χ3v) is 2.60. The lowest BCUT2D eigenvalue weighted by atomic mass is 10.1. The van der Waals surface area contributed by atoms with E-state index in [2.05, 4.69) is 20.8 Å². The van der Waals surface area contributed by atoms with E-state index in [-0.39, 0.29) is 5.91 Å². The van der Waals surface area contributed by atoms with Gasteiger partial charge in [0.05, 0.1) is 0 Å². The first-order valence-corrected chi connectivity index (χ1v) is 5.99. The molecule has 0 aliphatic carbocycles. The summed E-state index contributed by atoms with van der Waals surface area (Å²) >= 11 is 0. The second kappa shape index (κ2) is 7.69. The Bertz CT molecular complexity index is 180. The summed E-state index contributed by atoms with van der Waals surface area (Å²) in [5.41, 5.74) is 5.56. The van der Waals surface area contributed by atoms with E-state index in [1.165, 1.54) is 0 Å². The zero-order chi connectivity index (χ0) is 11.8. The van der Waals surface area contributed by atoms with Gasteiger partial charge in [-0.2, -0.15) is 0 Å². The summed E-state index contributed by atoms with van der Waals surface area (Å²) in [7, 11) is 0. The van der Waals surface area contributed by atoms with E-state index >= 15 is 0 Å². The molecule has 0 aromatic carbocycles. The van der Waals surface area contributed by atoms with Crippen molar-refractivity contribution in [3.63, 3.8) is 0 Å². The Morgan fingerprint density at radius 3 is 2.33 bits per heavy atom. The minimum atomic E-state index is 0.270. The maximum atomic E-state index is 11.8. The van der Waals surface area contributed by atoms with Crippen molar-refractivity contribution in [1.29, 1.82) is 0 Å². The van der Waals surface area contributed by atoms with Gasteiger partial charge >= 0.3 is 0 Å². The van der Waals surface area contributed by atoms with Gasteiger partial charge in [-0.3, -0.25) is 4.79 Å². The third kappa shape index (κ3) is 6.50. The van der Waals surface area contributed by atoms with Gasteiger partial charge in [-0.15, -0.1) is 0 Å². The Hall–Kier alpha value is -0.570. The highest BCUT2D eigenvalue weighted by atomic mass is 16.2. The van der Waals surface area contributed by atoms with Crippen LogP contribution in [0.1, 0.15) is 40.5 Å². The zero-order valence-electron chi connectivity index (χ0n) is 10.6. The van der Waals surface area contributed by atoms with Crippen molar-refractivity contribution >= 4 is 5.91 Å². The van der Waals surface area contributed by atoms with Crippen molar-refractivity contribution in [2.24, 2.45) is 17.6 Å². The fraction of sp³-hybridized carbons (Fsp3) is 0.917. The predicted molar refractivity (Wildman–Crippen MR) is 64.5 cm³/mol. The standard InChI is InChI=1S/C12H26N2O/c1-5-14(9-11(4)8-13)12(15)7-6-10(2)3/h10-11H,5-9,13H2,1-4H3. The fourth-order valence-corrected chi connectivity index (χ4v) is 1.43. The summed E-state index contributed by atoms with van der Waals surface area (Å²) < 4.78 is 0. The van der Waals surface area contributed by atoms with Crippen LogP contribution in [0.3, 0.4) is 0 Å². The molecule has 90 valence electrons. The second-order valence-corrected chi connectivity index (χ2v) is 4.71. The number of hydrogen-bond acceptors (Lipinski definition) is 2. The number of nitrogens with zero attached hydrogens (tertiary/aromatic N) is 1. The maximum absolute atomic E-state index is 11.8. The van der Waals surface area contributed by atoms with Crippen LogP contribution in [0, 0.1) is 11.8 Å². The first-order valence-electron chi connectivity index (χ1n) is 5.99. The molecule has 0 saturated heterocycles. The van der Waals surface area contributed by atoms with Crippen molar-refractivity contribution < 1.29 is 4.79 Å². The molecule has 3 nitrogen and oxygen atoms in total. The molecule has 0 heterocycles. The van der Waals surface area contributed by atoms with Crippen LogP contribution in [0.4, 0.5) is 0 Å². The largest absolute Gasteiger partial charge is 0.343 e. The predicted octanol–water partition coefficient (Wildman–Crippen LogP) is 1.87. The molecule has 1 amide bonds. The van der Waals surface area contributed by atoms with Crippen molar-refractivity contribution in [3.05, 3.63) is 0 Å². The van der Waals surface area contributed by atoms with Crippen molar-refractivity contribution in [3.8, 4) is 0 Å². The molecule has 0 aromatic rings. The molecule has 0 spiro atoms. The summed E-state index contributed by atoms with van der Waals surface area (Å²) in [6.07, 6.45) is 1.65. The van der Waals surface area contributed by atoms with Gasteiger partial charge in [0.25, 0.3) is 0 Å². The number of carbonyl (C=O) groups excluding carboxylic acids is 1. The molecule has 1 unspecified atom stereocenters. The molecule has 0 aromatic heterocycles. The average Bonchev–Trinajstić information content (AvgIpc) is 2.21. The summed E-state index contributed by atoms with van der Waals surface area (Å²) in [6, 6.07) is 0. The van der Waals surface area contributed by atoms with Crippen LogP contribution in [0.2, 0.25) is 0 Å². The Kier molecular flexibility index (Phi) is 7.39. The molecule has 2 N–H and O–H groups in total. The molecular weight excluding hydrogens is 188 g/mol. The normalized spacial score (nSPS) is 12.9. The lowest BCUT2D eigenvalue weighted by molar-refractivity contribution is -0.131. The highest BCUT2D eigenvalue weighted by Crippen LogP contribution is 2.07. The Morgan fingerprint density at radius 2 is 1.93 bits per heavy atom. The monoisotopic (exact) mass is 214 g/mol.